The molecular weight excluding hydrogens is 399 g/mol. The molecule has 1 aliphatic rings. The molecule has 0 radical (unpaired) electrons. The van der Waals surface area contributed by atoms with Gasteiger partial charge in [0.15, 0.2) is 6.61 Å². The summed E-state index contributed by atoms with van der Waals surface area (Å²) in [4.78, 5) is 15.1. The molecular formula is C17H16F3N3O4S. The Labute approximate surface area is 159 Å². The van der Waals surface area contributed by atoms with Crippen molar-refractivity contribution in [2.24, 2.45) is 0 Å². The summed E-state index contributed by atoms with van der Waals surface area (Å²) in [7, 11) is -3.93. The van der Waals surface area contributed by atoms with E-state index in [2.05, 4.69) is 19.8 Å². The van der Waals surface area contributed by atoms with Crippen molar-refractivity contribution in [2.75, 3.05) is 11.9 Å². The van der Waals surface area contributed by atoms with Gasteiger partial charge in [0.1, 0.15) is 0 Å². The van der Waals surface area contributed by atoms with Crippen LogP contribution in [0.3, 0.4) is 0 Å². The van der Waals surface area contributed by atoms with Gasteiger partial charge in [-0.3, -0.25) is 4.79 Å². The number of pyridine rings is 1. The van der Waals surface area contributed by atoms with Crippen LogP contribution in [0.2, 0.25) is 0 Å². The van der Waals surface area contributed by atoms with Gasteiger partial charge in [0.2, 0.25) is 21.8 Å². The van der Waals surface area contributed by atoms with Crippen LogP contribution in [0.25, 0.3) is 0 Å². The Bertz CT molecular complexity index is 993. The number of hydrogen-bond acceptors (Lipinski definition) is 5. The van der Waals surface area contributed by atoms with E-state index in [9.17, 15) is 26.4 Å². The monoisotopic (exact) mass is 415 g/mol. The highest BCUT2D eigenvalue weighted by molar-refractivity contribution is 7.89. The number of nitrogens with zero attached hydrogens (tertiary/aromatic N) is 1. The lowest BCUT2D eigenvalue weighted by Gasteiger charge is -2.18. The smallest absolute Gasteiger partial charge is 0.422 e. The van der Waals surface area contributed by atoms with E-state index in [-0.39, 0.29) is 35.2 Å². The summed E-state index contributed by atoms with van der Waals surface area (Å²) >= 11 is 0. The van der Waals surface area contributed by atoms with Crippen molar-refractivity contribution < 1.29 is 31.1 Å². The van der Waals surface area contributed by atoms with Gasteiger partial charge in [0.05, 0.1) is 4.90 Å². The topological polar surface area (TPSA) is 97.4 Å². The van der Waals surface area contributed by atoms with Crippen molar-refractivity contribution in [3.8, 4) is 5.88 Å². The SMILES string of the molecule is O=C1CCc2cc(S(=O)(=O)NCc3cccnc3OCC(F)(F)F)ccc2N1. The van der Waals surface area contributed by atoms with Gasteiger partial charge in [-0.25, -0.2) is 18.1 Å². The van der Waals surface area contributed by atoms with Crippen molar-refractivity contribution >= 4 is 21.6 Å². The third kappa shape index (κ3) is 4.98. The maximum absolute atomic E-state index is 12.5. The first-order chi connectivity index (χ1) is 13.1. The number of nitrogens with one attached hydrogen (secondary N) is 2. The summed E-state index contributed by atoms with van der Waals surface area (Å²) in [6.45, 7) is -1.82. The molecule has 0 atom stereocenters. The third-order valence-electron chi connectivity index (χ3n) is 3.96. The molecule has 0 unspecified atom stereocenters. The second kappa shape index (κ2) is 7.76. The van der Waals surface area contributed by atoms with E-state index in [4.69, 9.17) is 0 Å². The fourth-order valence-corrected chi connectivity index (χ4v) is 3.68. The molecule has 2 aromatic rings. The Morgan fingerprint density at radius 1 is 1.21 bits per heavy atom. The van der Waals surface area contributed by atoms with Gasteiger partial charge >= 0.3 is 6.18 Å². The zero-order valence-corrected chi connectivity index (χ0v) is 15.2. The van der Waals surface area contributed by atoms with Gasteiger partial charge in [-0.05, 0) is 36.2 Å². The number of rotatable bonds is 6. The standard InChI is InChI=1S/C17H16F3N3O4S/c18-17(19,20)10-27-16-12(2-1-7-21-16)9-22-28(25,26)13-4-5-14-11(8-13)3-6-15(24)23-14/h1-2,4-5,7-8,22H,3,6,9-10H2,(H,23,24). The largest absolute Gasteiger partial charge is 0.468 e. The molecule has 1 aromatic heterocycles. The number of hydrogen-bond donors (Lipinski definition) is 2. The van der Waals surface area contributed by atoms with Crippen LogP contribution in [0, 0.1) is 0 Å². The number of benzene rings is 1. The molecule has 11 heteroatoms. The molecule has 2 N–H and O–H groups in total. The molecule has 0 saturated heterocycles. The van der Waals surface area contributed by atoms with Crippen molar-refractivity contribution in [1.29, 1.82) is 0 Å². The van der Waals surface area contributed by atoms with Crippen molar-refractivity contribution in [3.05, 3.63) is 47.7 Å². The average molecular weight is 415 g/mol. The molecule has 28 heavy (non-hydrogen) atoms. The molecule has 7 nitrogen and oxygen atoms in total. The van der Waals surface area contributed by atoms with E-state index in [1.54, 1.807) is 0 Å². The highest BCUT2D eigenvalue weighted by Gasteiger charge is 2.29. The molecule has 0 fully saturated rings. The molecule has 150 valence electrons. The van der Waals surface area contributed by atoms with E-state index in [0.29, 0.717) is 17.7 Å². The Balaban J connectivity index is 1.73. The second-order valence-electron chi connectivity index (χ2n) is 6.06. The summed E-state index contributed by atoms with van der Waals surface area (Å²) in [6.07, 6.45) is -2.60. The Kier molecular flexibility index (Phi) is 5.57. The number of fused-ring (bicyclic) bond motifs is 1. The minimum absolute atomic E-state index is 0.0101. The number of amides is 1. The van der Waals surface area contributed by atoms with E-state index >= 15 is 0 Å². The van der Waals surface area contributed by atoms with Gasteiger partial charge in [0.25, 0.3) is 0 Å². The fraction of sp³-hybridized carbons (Fsp3) is 0.294. The summed E-state index contributed by atoms with van der Waals surface area (Å²) in [6, 6.07) is 7.19. The molecule has 1 aromatic carbocycles. The number of aromatic nitrogens is 1. The van der Waals surface area contributed by atoms with E-state index in [1.807, 2.05) is 0 Å². The van der Waals surface area contributed by atoms with E-state index in [0.717, 1.165) is 0 Å². The summed E-state index contributed by atoms with van der Waals surface area (Å²) in [5, 5.41) is 2.66. The molecule has 1 amide bonds. The zero-order chi connectivity index (χ0) is 20.4. The Morgan fingerprint density at radius 2 is 2.00 bits per heavy atom. The highest BCUT2D eigenvalue weighted by atomic mass is 32.2. The van der Waals surface area contributed by atoms with Crippen LogP contribution in [0.15, 0.2) is 41.4 Å². The fourth-order valence-electron chi connectivity index (χ4n) is 2.62. The van der Waals surface area contributed by atoms with Crippen LogP contribution >= 0.6 is 0 Å². The second-order valence-corrected chi connectivity index (χ2v) is 7.83. The number of ether oxygens (including phenoxy) is 1. The van der Waals surface area contributed by atoms with E-state index in [1.165, 1.54) is 36.5 Å². The van der Waals surface area contributed by atoms with Gasteiger partial charge in [0, 0.05) is 30.4 Å². The maximum atomic E-state index is 12.5. The number of halogens is 3. The molecule has 3 rings (SSSR count). The minimum atomic E-state index is -4.53. The summed E-state index contributed by atoms with van der Waals surface area (Å²) in [5.41, 5.74) is 1.42. The molecule has 0 bridgehead atoms. The number of alkyl halides is 3. The molecule has 1 aliphatic heterocycles. The number of aryl methyl sites for hydroxylation is 1. The predicted molar refractivity (Wildman–Crippen MR) is 93.2 cm³/mol. The van der Waals surface area contributed by atoms with Gasteiger partial charge < -0.3 is 10.1 Å². The lowest BCUT2D eigenvalue weighted by atomic mass is 10.0. The van der Waals surface area contributed by atoms with Crippen LogP contribution in [-0.4, -0.2) is 32.1 Å². The average Bonchev–Trinajstić information content (AvgIpc) is 2.64. The molecule has 0 spiro atoms. The predicted octanol–water partition coefficient (Wildman–Crippen LogP) is 2.39. The first-order valence-corrected chi connectivity index (χ1v) is 9.68. The first kappa shape index (κ1) is 20.1. The molecule has 0 aliphatic carbocycles. The number of sulfonamides is 1. The van der Waals surface area contributed by atoms with Crippen LogP contribution in [-0.2, 0) is 27.8 Å². The van der Waals surface area contributed by atoms with Crippen molar-refractivity contribution in [1.82, 2.24) is 9.71 Å². The lowest BCUT2D eigenvalue weighted by molar-refractivity contribution is -0.154. The maximum Gasteiger partial charge on any atom is 0.422 e. The first-order valence-electron chi connectivity index (χ1n) is 8.20. The van der Waals surface area contributed by atoms with Crippen LogP contribution in [0.4, 0.5) is 18.9 Å². The summed E-state index contributed by atoms with van der Waals surface area (Å²) in [5.74, 6) is -0.431. The highest BCUT2D eigenvalue weighted by Crippen LogP contribution is 2.26. The van der Waals surface area contributed by atoms with Gasteiger partial charge in [-0.15, -0.1) is 0 Å². The minimum Gasteiger partial charge on any atom is -0.468 e. The lowest BCUT2D eigenvalue weighted by Crippen LogP contribution is -2.25. The van der Waals surface area contributed by atoms with Crippen LogP contribution in [0.5, 0.6) is 5.88 Å². The number of anilines is 1. The third-order valence-corrected chi connectivity index (χ3v) is 5.36. The number of carbonyl (C=O) groups is 1. The Morgan fingerprint density at radius 3 is 2.75 bits per heavy atom. The zero-order valence-electron chi connectivity index (χ0n) is 14.4. The van der Waals surface area contributed by atoms with Crippen molar-refractivity contribution in [3.63, 3.8) is 0 Å². The normalized spacial score (nSPS) is 14.3. The van der Waals surface area contributed by atoms with Crippen molar-refractivity contribution in [2.45, 2.75) is 30.5 Å². The molecule has 0 saturated carbocycles. The van der Waals surface area contributed by atoms with Gasteiger partial charge in [-0.2, -0.15) is 13.2 Å². The van der Waals surface area contributed by atoms with Crippen LogP contribution < -0.4 is 14.8 Å². The van der Waals surface area contributed by atoms with Gasteiger partial charge in [-0.1, -0.05) is 6.07 Å². The quantitative estimate of drug-likeness (QED) is 0.755. The summed E-state index contributed by atoms with van der Waals surface area (Å²) < 4.78 is 69.1. The Hall–Kier alpha value is -2.66. The molecule has 2 heterocycles. The number of carbonyl (C=O) groups excluding carboxylic acids is 1. The van der Waals surface area contributed by atoms with Crippen LogP contribution in [0.1, 0.15) is 17.5 Å². The van der Waals surface area contributed by atoms with E-state index < -0.39 is 22.8 Å².